The summed E-state index contributed by atoms with van der Waals surface area (Å²) in [5, 5.41) is 5.73. The Morgan fingerprint density at radius 2 is 1.72 bits per heavy atom. The topological polar surface area (TPSA) is 87.7 Å². The van der Waals surface area contributed by atoms with Crippen molar-refractivity contribution in [3.63, 3.8) is 0 Å². The van der Waals surface area contributed by atoms with Crippen molar-refractivity contribution in [2.45, 2.75) is 78.5 Å². The second kappa shape index (κ2) is 14.8. The van der Waals surface area contributed by atoms with Crippen molar-refractivity contribution in [3.05, 3.63) is 71.3 Å². The average Bonchev–Trinajstić information content (AvgIpc) is 2.87. The molecule has 0 aromatic heterocycles. The highest BCUT2D eigenvalue weighted by molar-refractivity contribution is 7.80. The largest absolute Gasteiger partial charge is 0.444 e. The molecule has 39 heavy (non-hydrogen) atoms. The maximum atomic E-state index is 14.1. The number of alkyl carbamates (subject to hydrolysis) is 1. The lowest BCUT2D eigenvalue weighted by Crippen LogP contribution is -2.53. The normalized spacial score (nSPS) is 12.7. The van der Waals surface area contributed by atoms with E-state index in [2.05, 4.69) is 36.8 Å². The van der Waals surface area contributed by atoms with Crippen molar-refractivity contribution >= 4 is 42.3 Å². The summed E-state index contributed by atoms with van der Waals surface area (Å²) in [4.78, 5) is 42.2. The number of thiol groups is 1. The van der Waals surface area contributed by atoms with Crippen LogP contribution < -0.4 is 10.6 Å². The highest BCUT2D eigenvalue weighted by Crippen LogP contribution is 2.28. The van der Waals surface area contributed by atoms with E-state index in [1.54, 1.807) is 31.7 Å². The number of hydrogen-bond acceptors (Lipinski definition) is 5. The van der Waals surface area contributed by atoms with Crippen LogP contribution in [0, 0.1) is 13.8 Å². The molecule has 212 valence electrons. The van der Waals surface area contributed by atoms with Gasteiger partial charge >= 0.3 is 6.09 Å². The Labute approximate surface area is 238 Å². The first-order valence-corrected chi connectivity index (χ1v) is 14.0. The van der Waals surface area contributed by atoms with Gasteiger partial charge in [0.25, 0.3) is 5.91 Å². The van der Waals surface area contributed by atoms with Gasteiger partial charge in [-0.05, 0) is 69.4 Å². The fourth-order valence-electron chi connectivity index (χ4n) is 4.27. The monoisotopic (exact) mass is 553 g/mol. The number of unbranched alkanes of at least 4 members (excludes halogenated alkanes) is 2. The van der Waals surface area contributed by atoms with Crippen molar-refractivity contribution in [1.82, 2.24) is 10.2 Å². The molecule has 0 saturated heterocycles. The van der Waals surface area contributed by atoms with Gasteiger partial charge in [0.05, 0.1) is 0 Å². The third-order valence-corrected chi connectivity index (χ3v) is 6.57. The van der Waals surface area contributed by atoms with Crippen molar-refractivity contribution in [2.75, 3.05) is 17.6 Å². The molecule has 0 aliphatic carbocycles. The zero-order chi connectivity index (χ0) is 29.2. The molecule has 3 amide bonds. The predicted octanol–water partition coefficient (Wildman–Crippen LogP) is 6.47. The molecule has 0 fully saturated rings. The van der Waals surface area contributed by atoms with Crippen LogP contribution in [-0.2, 0) is 14.3 Å². The van der Waals surface area contributed by atoms with Gasteiger partial charge in [-0.2, -0.15) is 12.6 Å². The SMILES string of the molecule is C=Cc1cccc(C(C(=O)Nc2c(C)cccc2C)N(CCCCC)C(=O)C(CS)NC(=O)OC(C)(C)C)c1. The average molecular weight is 554 g/mol. The first-order chi connectivity index (χ1) is 18.4. The zero-order valence-electron chi connectivity index (χ0n) is 24.0. The molecule has 2 atom stereocenters. The number of rotatable bonds is 12. The van der Waals surface area contributed by atoms with Crippen LogP contribution in [0.25, 0.3) is 6.08 Å². The summed E-state index contributed by atoms with van der Waals surface area (Å²) < 4.78 is 5.38. The minimum atomic E-state index is -0.983. The molecule has 2 aromatic carbocycles. The molecule has 0 bridgehead atoms. The molecule has 8 heteroatoms. The number of para-hydroxylation sites is 1. The third-order valence-electron chi connectivity index (χ3n) is 6.21. The molecule has 7 nitrogen and oxygen atoms in total. The Hall–Kier alpha value is -3.26. The van der Waals surface area contributed by atoms with Crippen LogP contribution >= 0.6 is 12.6 Å². The molecule has 2 N–H and O–H groups in total. The van der Waals surface area contributed by atoms with Crippen LogP contribution in [0.1, 0.15) is 75.3 Å². The summed E-state index contributed by atoms with van der Waals surface area (Å²) in [6.45, 7) is 15.4. The summed E-state index contributed by atoms with van der Waals surface area (Å²) in [6, 6.07) is 11.3. The maximum absolute atomic E-state index is 14.1. The van der Waals surface area contributed by atoms with Gasteiger partial charge in [-0.1, -0.05) is 68.8 Å². The molecule has 2 rings (SSSR count). The minimum absolute atomic E-state index is 0.0420. The van der Waals surface area contributed by atoms with Crippen molar-refractivity contribution in [1.29, 1.82) is 0 Å². The lowest BCUT2D eigenvalue weighted by atomic mass is 9.99. The van der Waals surface area contributed by atoms with Crippen LogP contribution in [0.15, 0.2) is 49.0 Å². The highest BCUT2D eigenvalue weighted by Gasteiger charge is 2.36. The predicted molar refractivity (Wildman–Crippen MR) is 162 cm³/mol. The van der Waals surface area contributed by atoms with E-state index < -0.39 is 29.7 Å². The van der Waals surface area contributed by atoms with Gasteiger partial charge in [0, 0.05) is 18.0 Å². The van der Waals surface area contributed by atoms with E-state index in [0.29, 0.717) is 24.2 Å². The van der Waals surface area contributed by atoms with Crippen LogP contribution in [-0.4, -0.2) is 46.7 Å². The number of hydrogen-bond donors (Lipinski definition) is 3. The first-order valence-electron chi connectivity index (χ1n) is 13.4. The van der Waals surface area contributed by atoms with Gasteiger partial charge in [0.1, 0.15) is 17.7 Å². The Balaban J connectivity index is 2.56. The molecular weight excluding hydrogens is 510 g/mol. The Morgan fingerprint density at radius 1 is 1.08 bits per heavy atom. The number of anilines is 1. The van der Waals surface area contributed by atoms with Gasteiger partial charge < -0.3 is 20.3 Å². The van der Waals surface area contributed by atoms with Crippen LogP contribution in [0.2, 0.25) is 0 Å². The smallest absolute Gasteiger partial charge is 0.408 e. The van der Waals surface area contributed by atoms with Gasteiger partial charge in [-0.25, -0.2) is 4.79 Å². The summed E-state index contributed by atoms with van der Waals surface area (Å²) in [5.74, 6) is -0.702. The number of benzene rings is 2. The number of ether oxygens (including phenoxy) is 1. The van der Waals surface area contributed by atoms with E-state index in [9.17, 15) is 14.4 Å². The molecule has 2 unspecified atom stereocenters. The van der Waals surface area contributed by atoms with Gasteiger partial charge in [-0.3, -0.25) is 9.59 Å². The van der Waals surface area contributed by atoms with Crippen molar-refractivity contribution in [3.8, 4) is 0 Å². The maximum Gasteiger partial charge on any atom is 0.408 e. The molecule has 0 spiro atoms. The summed E-state index contributed by atoms with van der Waals surface area (Å²) in [5.41, 5.74) is 3.31. The fourth-order valence-corrected chi connectivity index (χ4v) is 4.51. The molecular formula is C31H43N3O4S. The Morgan fingerprint density at radius 3 is 2.28 bits per heavy atom. The molecule has 0 heterocycles. The number of nitrogens with one attached hydrogen (secondary N) is 2. The third kappa shape index (κ3) is 9.46. The van der Waals surface area contributed by atoms with E-state index >= 15 is 0 Å². The lowest BCUT2D eigenvalue weighted by molar-refractivity contribution is -0.140. The highest BCUT2D eigenvalue weighted by atomic mass is 32.1. The number of nitrogens with zero attached hydrogens (tertiary/aromatic N) is 1. The van der Waals surface area contributed by atoms with Crippen LogP contribution in [0.3, 0.4) is 0 Å². The molecule has 0 aliphatic heterocycles. The quantitative estimate of drug-likeness (QED) is 0.208. The van der Waals surface area contributed by atoms with Gasteiger partial charge in [0.2, 0.25) is 5.91 Å². The second-order valence-electron chi connectivity index (χ2n) is 10.7. The van der Waals surface area contributed by atoms with Crippen molar-refractivity contribution in [2.24, 2.45) is 0 Å². The number of carbonyl (C=O) groups is 3. The zero-order valence-corrected chi connectivity index (χ0v) is 24.9. The number of amides is 3. The van der Waals surface area contributed by atoms with E-state index in [-0.39, 0.29) is 11.7 Å². The number of carbonyl (C=O) groups excluding carboxylic acids is 3. The van der Waals surface area contributed by atoms with E-state index in [0.717, 1.165) is 29.5 Å². The standard InChI is InChI=1S/C31H43N3O4S/c1-8-10-11-18-34(29(36)25(20-39)32-30(37)38-31(5,6)7)27(24-17-13-16-23(9-2)19-24)28(35)33-26-21(3)14-12-15-22(26)4/h9,12-17,19,25,27,39H,2,8,10-11,18,20H2,1,3-7H3,(H,32,37)(H,33,35). The Kier molecular flexibility index (Phi) is 12.1. The fraction of sp³-hybridized carbons (Fsp3) is 0.452. The molecule has 2 aromatic rings. The summed E-state index contributed by atoms with van der Waals surface area (Å²) >= 11 is 4.36. The van der Waals surface area contributed by atoms with E-state index in [1.807, 2.05) is 56.3 Å². The van der Waals surface area contributed by atoms with E-state index in [4.69, 9.17) is 4.74 Å². The number of aryl methyl sites for hydroxylation is 2. The van der Waals surface area contributed by atoms with Crippen LogP contribution in [0.4, 0.5) is 10.5 Å². The minimum Gasteiger partial charge on any atom is -0.444 e. The van der Waals surface area contributed by atoms with Gasteiger partial charge in [0.15, 0.2) is 0 Å². The summed E-state index contributed by atoms with van der Waals surface area (Å²) in [7, 11) is 0. The Bertz CT molecular complexity index is 1140. The summed E-state index contributed by atoms with van der Waals surface area (Å²) in [6.07, 6.45) is 3.51. The molecule has 0 aliphatic rings. The van der Waals surface area contributed by atoms with E-state index in [1.165, 1.54) is 0 Å². The molecule has 0 saturated carbocycles. The first kappa shape index (κ1) is 32.0. The van der Waals surface area contributed by atoms with Gasteiger partial charge in [-0.15, -0.1) is 0 Å². The second-order valence-corrected chi connectivity index (χ2v) is 11.0. The van der Waals surface area contributed by atoms with Crippen molar-refractivity contribution < 1.29 is 19.1 Å². The molecule has 0 radical (unpaired) electrons. The van der Waals surface area contributed by atoms with Crippen LogP contribution in [0.5, 0.6) is 0 Å². The lowest BCUT2D eigenvalue weighted by Gasteiger charge is -2.34.